The summed E-state index contributed by atoms with van der Waals surface area (Å²) in [4.78, 5) is 6.70. The van der Waals surface area contributed by atoms with Gasteiger partial charge in [-0.2, -0.15) is 0 Å². The van der Waals surface area contributed by atoms with E-state index < -0.39 is 0 Å². The van der Waals surface area contributed by atoms with Crippen molar-refractivity contribution in [1.29, 1.82) is 0 Å². The summed E-state index contributed by atoms with van der Waals surface area (Å²) in [5.74, 6) is -0.286. The lowest BCUT2D eigenvalue weighted by Gasteiger charge is -2.31. The van der Waals surface area contributed by atoms with Crippen molar-refractivity contribution in [1.82, 2.24) is 4.98 Å². The molecular weight excluding hydrogens is 351 g/mol. The number of fused-ring (bicyclic) bond motifs is 1. The monoisotopic (exact) mass is 370 g/mol. The highest BCUT2D eigenvalue weighted by Gasteiger charge is 2.20. The maximum atomic E-state index is 14.3. The van der Waals surface area contributed by atoms with Gasteiger partial charge in [0.2, 0.25) is 0 Å². The number of ether oxygens (including phenoxy) is 1. The first-order valence-electron chi connectivity index (χ1n) is 8.77. The van der Waals surface area contributed by atoms with E-state index >= 15 is 0 Å². The summed E-state index contributed by atoms with van der Waals surface area (Å²) in [6.45, 7) is 4.95. The van der Waals surface area contributed by atoms with E-state index in [4.69, 9.17) is 16.3 Å². The zero-order valence-electron chi connectivity index (χ0n) is 14.6. The van der Waals surface area contributed by atoms with Gasteiger partial charge in [0.05, 0.1) is 18.9 Å². The molecule has 0 spiro atoms. The molecule has 0 bridgehead atoms. The zero-order valence-corrected chi connectivity index (χ0v) is 15.4. The number of nitrogens with zero attached hydrogens (tertiary/aromatic N) is 2. The van der Waals surface area contributed by atoms with Crippen molar-refractivity contribution in [2.75, 3.05) is 31.2 Å². The van der Waals surface area contributed by atoms with Crippen LogP contribution in [0.5, 0.6) is 0 Å². The summed E-state index contributed by atoms with van der Waals surface area (Å²) >= 11 is 6.16. The third-order valence-corrected chi connectivity index (χ3v) is 5.26. The predicted molar refractivity (Wildman–Crippen MR) is 104 cm³/mol. The van der Waals surface area contributed by atoms with Crippen LogP contribution in [0.3, 0.4) is 0 Å². The number of halogens is 2. The van der Waals surface area contributed by atoms with Gasteiger partial charge in [-0.05, 0) is 35.7 Å². The van der Waals surface area contributed by atoms with Crippen LogP contribution in [0.2, 0.25) is 5.02 Å². The lowest BCUT2D eigenvalue weighted by molar-refractivity contribution is 0.123. The van der Waals surface area contributed by atoms with Crippen molar-refractivity contribution in [3.8, 4) is 0 Å². The Morgan fingerprint density at radius 2 is 2.00 bits per heavy atom. The number of hydrogen-bond acceptors (Lipinski definition) is 3. The molecule has 5 heteroatoms. The summed E-state index contributed by atoms with van der Waals surface area (Å²) in [6, 6.07) is 11.2. The van der Waals surface area contributed by atoms with Gasteiger partial charge in [-0.1, -0.05) is 35.9 Å². The molecule has 0 aliphatic carbocycles. The minimum atomic E-state index is -0.286. The number of aromatic nitrogens is 1. The van der Waals surface area contributed by atoms with Gasteiger partial charge in [0.25, 0.3) is 0 Å². The van der Waals surface area contributed by atoms with E-state index in [1.807, 2.05) is 25.1 Å². The number of benzene rings is 2. The molecule has 1 fully saturated rings. The maximum Gasteiger partial charge on any atom is 0.149 e. The molecule has 0 N–H and O–H groups in total. The second kappa shape index (κ2) is 7.22. The minimum Gasteiger partial charge on any atom is -0.378 e. The molecule has 1 saturated heterocycles. The number of anilines is 1. The van der Waals surface area contributed by atoms with Gasteiger partial charge in [-0.15, -0.1) is 0 Å². The van der Waals surface area contributed by atoms with Gasteiger partial charge in [-0.3, -0.25) is 4.98 Å². The molecule has 26 heavy (non-hydrogen) atoms. The fraction of sp³-hybridized carbons (Fsp3) is 0.286. The van der Waals surface area contributed by atoms with Crippen LogP contribution in [0.15, 0.2) is 42.6 Å². The summed E-state index contributed by atoms with van der Waals surface area (Å²) in [6.07, 6.45) is 2.53. The van der Waals surface area contributed by atoms with Crippen LogP contribution < -0.4 is 4.90 Å². The maximum absolute atomic E-state index is 14.3. The van der Waals surface area contributed by atoms with E-state index in [0.29, 0.717) is 18.7 Å². The average Bonchev–Trinajstić information content (AvgIpc) is 2.65. The molecule has 0 unspecified atom stereocenters. The van der Waals surface area contributed by atoms with Gasteiger partial charge < -0.3 is 9.64 Å². The molecule has 2 aromatic carbocycles. The number of pyridine rings is 1. The molecule has 1 aliphatic heterocycles. The minimum absolute atomic E-state index is 0.286. The highest BCUT2D eigenvalue weighted by Crippen LogP contribution is 2.33. The molecule has 0 atom stereocenters. The van der Waals surface area contributed by atoms with Crippen LogP contribution in [0, 0.1) is 12.7 Å². The molecule has 134 valence electrons. The van der Waals surface area contributed by atoms with E-state index in [2.05, 4.69) is 16.0 Å². The molecular formula is C21H20ClFN2O. The molecule has 3 aromatic rings. The molecule has 4 rings (SSSR count). The third kappa shape index (κ3) is 3.27. The Bertz CT molecular complexity index is 954. The van der Waals surface area contributed by atoms with E-state index in [1.54, 1.807) is 12.3 Å². The third-order valence-electron chi connectivity index (χ3n) is 4.84. The van der Waals surface area contributed by atoms with Crippen molar-refractivity contribution in [2.24, 2.45) is 0 Å². The molecule has 0 amide bonds. The largest absolute Gasteiger partial charge is 0.378 e. The van der Waals surface area contributed by atoms with E-state index in [1.165, 1.54) is 11.6 Å². The number of rotatable bonds is 3. The SMILES string of the molecule is Cc1cc(Cc2cnc3c(F)cccc3c2N2CCOCC2)ccc1Cl. The normalized spacial score (nSPS) is 14.8. The van der Waals surface area contributed by atoms with Crippen LogP contribution in [-0.4, -0.2) is 31.3 Å². The molecule has 3 nitrogen and oxygen atoms in total. The Kier molecular flexibility index (Phi) is 4.79. The highest BCUT2D eigenvalue weighted by atomic mass is 35.5. The lowest BCUT2D eigenvalue weighted by atomic mass is 9.99. The lowest BCUT2D eigenvalue weighted by Crippen LogP contribution is -2.37. The molecule has 0 saturated carbocycles. The smallest absolute Gasteiger partial charge is 0.149 e. The van der Waals surface area contributed by atoms with Crippen LogP contribution in [0.25, 0.3) is 10.9 Å². The van der Waals surface area contributed by atoms with Crippen LogP contribution >= 0.6 is 11.6 Å². The quantitative estimate of drug-likeness (QED) is 0.664. The molecule has 2 heterocycles. The Morgan fingerprint density at radius 1 is 1.19 bits per heavy atom. The molecule has 0 radical (unpaired) electrons. The number of aryl methyl sites for hydroxylation is 1. The first-order valence-corrected chi connectivity index (χ1v) is 9.15. The van der Waals surface area contributed by atoms with E-state index in [-0.39, 0.29) is 5.82 Å². The second-order valence-corrected chi connectivity index (χ2v) is 7.03. The Hall–Kier alpha value is -2.17. The molecule has 1 aromatic heterocycles. The van der Waals surface area contributed by atoms with Crippen molar-refractivity contribution >= 4 is 28.2 Å². The van der Waals surface area contributed by atoms with Crippen molar-refractivity contribution in [2.45, 2.75) is 13.3 Å². The van der Waals surface area contributed by atoms with Crippen molar-refractivity contribution < 1.29 is 9.13 Å². The molecule has 1 aliphatic rings. The summed E-state index contributed by atoms with van der Waals surface area (Å²) in [5, 5.41) is 1.62. The zero-order chi connectivity index (χ0) is 18.1. The van der Waals surface area contributed by atoms with Gasteiger partial charge >= 0.3 is 0 Å². The fourth-order valence-corrected chi connectivity index (χ4v) is 3.66. The van der Waals surface area contributed by atoms with Crippen molar-refractivity contribution in [3.05, 3.63) is 70.1 Å². The first-order chi connectivity index (χ1) is 12.6. The van der Waals surface area contributed by atoms with Crippen LogP contribution in [0.1, 0.15) is 16.7 Å². The standard InChI is InChI=1S/C21H20ClFN2O/c1-14-11-15(5-6-18(14)22)12-16-13-24-20-17(3-2-4-19(20)23)21(16)25-7-9-26-10-8-25/h2-6,11,13H,7-10,12H2,1H3. The summed E-state index contributed by atoms with van der Waals surface area (Å²) in [7, 11) is 0. The first kappa shape index (κ1) is 17.3. The fourth-order valence-electron chi connectivity index (χ4n) is 3.54. The Balaban J connectivity index is 1.83. The van der Waals surface area contributed by atoms with Gasteiger partial charge in [0, 0.05) is 36.1 Å². The van der Waals surface area contributed by atoms with Crippen LogP contribution in [-0.2, 0) is 11.2 Å². The number of morpholine rings is 1. The predicted octanol–water partition coefficient (Wildman–Crippen LogP) is 4.76. The van der Waals surface area contributed by atoms with E-state index in [9.17, 15) is 4.39 Å². The second-order valence-electron chi connectivity index (χ2n) is 6.63. The Labute approximate surface area is 157 Å². The summed E-state index contributed by atoms with van der Waals surface area (Å²) in [5.41, 5.74) is 4.79. The van der Waals surface area contributed by atoms with Gasteiger partial charge in [-0.25, -0.2) is 4.39 Å². The summed E-state index contributed by atoms with van der Waals surface area (Å²) < 4.78 is 19.8. The Morgan fingerprint density at radius 3 is 2.77 bits per heavy atom. The highest BCUT2D eigenvalue weighted by molar-refractivity contribution is 6.31. The van der Waals surface area contributed by atoms with Crippen molar-refractivity contribution in [3.63, 3.8) is 0 Å². The van der Waals surface area contributed by atoms with Crippen LogP contribution in [0.4, 0.5) is 10.1 Å². The number of para-hydroxylation sites is 1. The van der Waals surface area contributed by atoms with Gasteiger partial charge in [0.15, 0.2) is 0 Å². The van der Waals surface area contributed by atoms with Gasteiger partial charge in [0.1, 0.15) is 11.3 Å². The average molecular weight is 371 g/mol. The van der Waals surface area contributed by atoms with E-state index in [0.717, 1.165) is 46.7 Å². The number of hydrogen-bond donors (Lipinski definition) is 0. The topological polar surface area (TPSA) is 25.4 Å².